The van der Waals surface area contributed by atoms with E-state index in [1.807, 2.05) is 66.2 Å². The molecule has 0 fully saturated rings. The lowest BCUT2D eigenvalue weighted by atomic mass is 10.1. The molecule has 0 aliphatic rings. The largest absolute Gasteiger partial charge is 0.494 e. The van der Waals surface area contributed by atoms with Crippen molar-refractivity contribution in [2.45, 2.75) is 19.8 Å². The zero-order valence-electron chi connectivity index (χ0n) is 18.6. The van der Waals surface area contributed by atoms with Gasteiger partial charge in [0.25, 0.3) is 5.91 Å². The van der Waals surface area contributed by atoms with Crippen LogP contribution in [0.25, 0.3) is 21.7 Å². The van der Waals surface area contributed by atoms with Crippen molar-refractivity contribution < 1.29 is 9.53 Å². The van der Waals surface area contributed by atoms with Gasteiger partial charge in [-0.05, 0) is 53.9 Å². The van der Waals surface area contributed by atoms with Crippen LogP contribution in [0.4, 0.5) is 0 Å². The van der Waals surface area contributed by atoms with Crippen molar-refractivity contribution in [2.75, 3.05) is 6.61 Å². The van der Waals surface area contributed by atoms with Crippen molar-refractivity contribution >= 4 is 28.8 Å². The number of halogens is 1. The summed E-state index contributed by atoms with van der Waals surface area (Å²) < 4.78 is 7.66. The Hall–Kier alpha value is -3.15. The van der Waals surface area contributed by atoms with Crippen LogP contribution in [0, 0.1) is 0 Å². The first-order valence-electron chi connectivity index (χ1n) is 10.9. The normalized spacial score (nSPS) is 11.5. The lowest BCUT2D eigenvalue weighted by Crippen LogP contribution is -2.14. The van der Waals surface area contributed by atoms with E-state index in [4.69, 9.17) is 16.3 Å². The fourth-order valence-electron chi connectivity index (χ4n) is 3.45. The van der Waals surface area contributed by atoms with Gasteiger partial charge in [0.05, 0.1) is 17.2 Å². The molecular weight excluding hydrogens is 452 g/mol. The Morgan fingerprint density at radius 3 is 2.33 bits per heavy atom. The number of unbranched alkanes of at least 4 members (excludes halogenated alkanes) is 1. The van der Waals surface area contributed by atoms with Gasteiger partial charge in [-0.1, -0.05) is 78.7 Å². The number of aromatic nitrogens is 1. The Kier molecular flexibility index (Phi) is 7.43. The van der Waals surface area contributed by atoms with Crippen LogP contribution in [0.3, 0.4) is 0 Å². The van der Waals surface area contributed by atoms with Crippen LogP contribution in [-0.4, -0.2) is 17.1 Å². The predicted molar refractivity (Wildman–Crippen MR) is 136 cm³/mol. The number of ether oxygens (including phenoxy) is 1. The molecule has 1 heterocycles. The van der Waals surface area contributed by atoms with Crippen LogP contribution >= 0.6 is 22.9 Å². The minimum Gasteiger partial charge on any atom is -0.494 e. The summed E-state index contributed by atoms with van der Waals surface area (Å²) in [6, 6.07) is 25.0. The van der Waals surface area contributed by atoms with Gasteiger partial charge in [-0.15, -0.1) is 0 Å². The van der Waals surface area contributed by atoms with E-state index >= 15 is 0 Å². The van der Waals surface area contributed by atoms with Crippen LogP contribution in [0.5, 0.6) is 5.75 Å². The van der Waals surface area contributed by atoms with E-state index in [2.05, 4.69) is 24.0 Å². The molecule has 1 aromatic heterocycles. The van der Waals surface area contributed by atoms with Gasteiger partial charge >= 0.3 is 0 Å². The van der Waals surface area contributed by atoms with Crippen molar-refractivity contribution in [1.82, 2.24) is 4.57 Å². The SMILES string of the molecule is CCCCOc1ccc(C(=O)N=c2sc(-c3ccccc3)c(-c3ccc(Cl)cc3)n2C)cc1. The maximum Gasteiger partial charge on any atom is 0.279 e. The molecule has 0 unspecified atom stereocenters. The van der Waals surface area contributed by atoms with E-state index in [-0.39, 0.29) is 5.91 Å². The number of carbonyl (C=O) groups excluding carboxylic acids is 1. The summed E-state index contributed by atoms with van der Waals surface area (Å²) in [4.78, 5) is 19.1. The number of hydrogen-bond acceptors (Lipinski definition) is 3. The third-order valence-electron chi connectivity index (χ3n) is 5.25. The second-order valence-electron chi connectivity index (χ2n) is 7.64. The number of amides is 1. The average Bonchev–Trinajstić information content (AvgIpc) is 3.16. The second kappa shape index (κ2) is 10.6. The Morgan fingerprint density at radius 1 is 0.970 bits per heavy atom. The van der Waals surface area contributed by atoms with E-state index in [0.29, 0.717) is 22.0 Å². The zero-order chi connectivity index (χ0) is 23.2. The molecule has 0 aliphatic carbocycles. The van der Waals surface area contributed by atoms with Crippen molar-refractivity contribution in [3.05, 3.63) is 94.3 Å². The molecule has 4 rings (SSSR count). The number of carbonyl (C=O) groups is 1. The Bertz CT molecular complexity index is 1290. The van der Waals surface area contributed by atoms with Crippen LogP contribution in [-0.2, 0) is 7.05 Å². The smallest absolute Gasteiger partial charge is 0.279 e. The highest BCUT2D eigenvalue weighted by Gasteiger charge is 2.16. The van der Waals surface area contributed by atoms with Gasteiger partial charge in [-0.3, -0.25) is 4.79 Å². The molecule has 0 saturated carbocycles. The summed E-state index contributed by atoms with van der Waals surface area (Å²) in [7, 11) is 1.93. The summed E-state index contributed by atoms with van der Waals surface area (Å²) in [6.45, 7) is 2.80. The summed E-state index contributed by atoms with van der Waals surface area (Å²) >= 11 is 7.60. The summed E-state index contributed by atoms with van der Waals surface area (Å²) in [6.07, 6.45) is 2.08. The van der Waals surface area contributed by atoms with E-state index in [1.54, 1.807) is 12.1 Å². The van der Waals surface area contributed by atoms with Crippen LogP contribution in [0.1, 0.15) is 30.1 Å². The molecule has 0 radical (unpaired) electrons. The van der Waals surface area contributed by atoms with Gasteiger partial charge in [0.2, 0.25) is 0 Å². The van der Waals surface area contributed by atoms with Gasteiger partial charge in [-0.25, -0.2) is 0 Å². The Morgan fingerprint density at radius 2 is 1.67 bits per heavy atom. The highest BCUT2D eigenvalue weighted by atomic mass is 35.5. The lowest BCUT2D eigenvalue weighted by Gasteiger charge is -2.07. The van der Waals surface area contributed by atoms with Gasteiger partial charge in [0.15, 0.2) is 4.80 Å². The number of rotatable bonds is 7. The van der Waals surface area contributed by atoms with E-state index in [0.717, 1.165) is 40.3 Å². The van der Waals surface area contributed by atoms with Gasteiger partial charge in [-0.2, -0.15) is 4.99 Å². The number of nitrogens with zero attached hydrogens (tertiary/aromatic N) is 2. The topological polar surface area (TPSA) is 43.6 Å². The van der Waals surface area contributed by atoms with E-state index in [1.165, 1.54) is 11.3 Å². The molecule has 0 saturated heterocycles. The van der Waals surface area contributed by atoms with Crippen LogP contribution in [0.2, 0.25) is 5.02 Å². The van der Waals surface area contributed by atoms with Crippen molar-refractivity contribution in [1.29, 1.82) is 0 Å². The molecule has 3 aromatic carbocycles. The highest BCUT2D eigenvalue weighted by Crippen LogP contribution is 2.34. The molecular formula is C27H25ClN2O2S. The standard InChI is InChI=1S/C27H25ClN2O2S/c1-3-4-18-32-23-16-12-21(13-17-23)26(31)29-27-30(2)24(19-10-14-22(28)15-11-19)25(33-27)20-8-6-5-7-9-20/h5-17H,3-4,18H2,1-2H3. The minimum atomic E-state index is -0.283. The van der Waals surface area contributed by atoms with Crippen molar-refractivity contribution in [3.63, 3.8) is 0 Å². The first-order chi connectivity index (χ1) is 16.1. The van der Waals surface area contributed by atoms with Gasteiger partial charge in [0.1, 0.15) is 5.75 Å². The molecule has 168 valence electrons. The monoisotopic (exact) mass is 476 g/mol. The molecule has 33 heavy (non-hydrogen) atoms. The molecule has 6 heteroatoms. The molecule has 0 aliphatic heterocycles. The number of thiazole rings is 1. The van der Waals surface area contributed by atoms with Gasteiger partial charge in [0, 0.05) is 17.6 Å². The molecule has 0 spiro atoms. The quantitative estimate of drug-likeness (QED) is 0.270. The van der Waals surface area contributed by atoms with E-state index < -0.39 is 0 Å². The Labute approximate surface area is 202 Å². The fourth-order valence-corrected chi connectivity index (χ4v) is 4.72. The highest BCUT2D eigenvalue weighted by molar-refractivity contribution is 7.13. The molecule has 0 N–H and O–H groups in total. The van der Waals surface area contributed by atoms with E-state index in [9.17, 15) is 4.79 Å². The maximum absolute atomic E-state index is 12.9. The summed E-state index contributed by atoms with van der Waals surface area (Å²) in [5.41, 5.74) is 3.61. The van der Waals surface area contributed by atoms with Crippen molar-refractivity contribution in [2.24, 2.45) is 12.0 Å². The van der Waals surface area contributed by atoms with Crippen molar-refractivity contribution in [3.8, 4) is 27.4 Å². The third-order valence-corrected chi connectivity index (χ3v) is 6.68. The molecule has 1 amide bonds. The summed E-state index contributed by atoms with van der Waals surface area (Å²) in [5.74, 6) is 0.479. The van der Waals surface area contributed by atoms with Gasteiger partial charge < -0.3 is 9.30 Å². The maximum atomic E-state index is 12.9. The second-order valence-corrected chi connectivity index (χ2v) is 9.05. The Balaban J connectivity index is 1.72. The molecule has 0 atom stereocenters. The number of benzene rings is 3. The minimum absolute atomic E-state index is 0.283. The predicted octanol–water partition coefficient (Wildman–Crippen LogP) is 6.99. The molecule has 4 aromatic rings. The lowest BCUT2D eigenvalue weighted by molar-refractivity contribution is 0.0998. The molecule has 0 bridgehead atoms. The number of hydrogen-bond donors (Lipinski definition) is 0. The molecule has 4 nitrogen and oxygen atoms in total. The average molecular weight is 477 g/mol. The fraction of sp³-hybridized carbons (Fsp3) is 0.185. The third kappa shape index (κ3) is 5.44. The summed E-state index contributed by atoms with van der Waals surface area (Å²) in [5, 5.41) is 0.681. The first-order valence-corrected chi connectivity index (χ1v) is 12.1. The van der Waals surface area contributed by atoms with Crippen LogP contribution < -0.4 is 9.54 Å². The first kappa shape index (κ1) is 23.0. The van der Waals surface area contributed by atoms with Crippen LogP contribution in [0.15, 0.2) is 83.9 Å². The zero-order valence-corrected chi connectivity index (χ0v) is 20.2.